The minimum atomic E-state index is -4.03. The van der Waals surface area contributed by atoms with Crippen LogP contribution in [0.2, 0.25) is 0 Å². The van der Waals surface area contributed by atoms with Gasteiger partial charge < -0.3 is 15.2 Å². The quantitative estimate of drug-likeness (QED) is 0.542. The molecule has 1 heterocycles. The molecule has 1 aliphatic carbocycles. The smallest absolute Gasteiger partial charge is 0.338 e. The summed E-state index contributed by atoms with van der Waals surface area (Å²) in [6, 6.07) is 10.0. The molecule has 2 aromatic carbocycles. The van der Waals surface area contributed by atoms with E-state index in [1.807, 2.05) is 19.1 Å². The lowest BCUT2D eigenvalue weighted by Gasteiger charge is -2.26. The molecule has 0 unspecified atom stereocenters. The molecule has 3 N–H and O–H groups in total. The van der Waals surface area contributed by atoms with Gasteiger partial charge in [-0.05, 0) is 54.7 Å². The first-order valence-corrected chi connectivity index (χ1v) is 12.6. The van der Waals surface area contributed by atoms with Gasteiger partial charge in [0.25, 0.3) is 10.0 Å². The molecular formula is C24H29N3O5S. The number of carboxylic acids is 1. The maximum Gasteiger partial charge on any atom is 0.338 e. The predicted molar refractivity (Wildman–Crippen MR) is 128 cm³/mol. The molecule has 33 heavy (non-hydrogen) atoms. The van der Waals surface area contributed by atoms with Crippen LogP contribution in [0.3, 0.4) is 0 Å². The van der Waals surface area contributed by atoms with Gasteiger partial charge in [-0.1, -0.05) is 24.3 Å². The van der Waals surface area contributed by atoms with E-state index in [1.54, 1.807) is 24.3 Å². The predicted octanol–water partition coefficient (Wildman–Crippen LogP) is 3.28. The van der Waals surface area contributed by atoms with E-state index in [0.717, 1.165) is 43.6 Å². The van der Waals surface area contributed by atoms with Gasteiger partial charge in [0.1, 0.15) is 4.90 Å². The molecule has 8 nitrogen and oxygen atoms in total. The first kappa shape index (κ1) is 23.3. The summed E-state index contributed by atoms with van der Waals surface area (Å²) in [5, 5.41) is 13.1. The Morgan fingerprint density at radius 1 is 1.12 bits per heavy atom. The fourth-order valence-electron chi connectivity index (χ4n) is 4.38. The minimum absolute atomic E-state index is 0.0118. The molecule has 2 aromatic rings. The van der Waals surface area contributed by atoms with Crippen molar-refractivity contribution in [2.24, 2.45) is 0 Å². The van der Waals surface area contributed by atoms with E-state index in [4.69, 9.17) is 4.74 Å². The van der Waals surface area contributed by atoms with Gasteiger partial charge in [-0.2, -0.15) is 0 Å². The topological polar surface area (TPSA) is 108 Å². The second kappa shape index (κ2) is 9.94. The molecule has 0 saturated carbocycles. The number of sulfonamides is 1. The van der Waals surface area contributed by atoms with Crippen LogP contribution in [0.15, 0.2) is 47.4 Å². The second-order valence-electron chi connectivity index (χ2n) is 8.24. The van der Waals surface area contributed by atoms with Gasteiger partial charge in [-0.15, -0.1) is 0 Å². The summed E-state index contributed by atoms with van der Waals surface area (Å²) in [5.41, 5.74) is 2.90. The van der Waals surface area contributed by atoms with Crippen LogP contribution < -0.4 is 10.0 Å². The average molecular weight is 472 g/mol. The van der Waals surface area contributed by atoms with E-state index in [0.29, 0.717) is 31.0 Å². The number of hydrogen-bond acceptors (Lipinski definition) is 6. The van der Waals surface area contributed by atoms with Crippen LogP contribution in [-0.4, -0.2) is 63.8 Å². The van der Waals surface area contributed by atoms with Crippen molar-refractivity contribution in [1.82, 2.24) is 4.90 Å². The standard InChI is InChI=1S/C24H29N3O5S/c1-17-5-4-6-18-9-10-20(23(22(17)18)24(28)29)26-33(30,31)21-8-3-2-7-19(21)25-11-12-27-13-15-32-16-14-27/h2-3,5,7-10,25-26H,4,6,11-16H2,1H3,(H,28,29). The van der Waals surface area contributed by atoms with Gasteiger partial charge in [-0.25, -0.2) is 13.2 Å². The Kier molecular flexibility index (Phi) is 7.02. The van der Waals surface area contributed by atoms with Crippen LogP contribution in [-0.2, 0) is 21.2 Å². The monoisotopic (exact) mass is 471 g/mol. The number of aryl methyl sites for hydroxylation is 1. The summed E-state index contributed by atoms with van der Waals surface area (Å²) < 4.78 is 34.5. The molecule has 0 radical (unpaired) electrons. The lowest BCUT2D eigenvalue weighted by atomic mass is 9.87. The van der Waals surface area contributed by atoms with Gasteiger partial charge >= 0.3 is 5.97 Å². The SMILES string of the molecule is CC1=CCCc2ccc(NS(=O)(=O)c3ccccc3NCCN3CCOCC3)c(C(=O)O)c21. The van der Waals surface area contributed by atoms with Crippen LogP contribution in [0.1, 0.15) is 34.8 Å². The molecule has 0 bridgehead atoms. The molecule has 9 heteroatoms. The molecule has 0 spiro atoms. The fourth-order valence-corrected chi connectivity index (χ4v) is 5.64. The number of allylic oxidation sites excluding steroid dienone is 2. The number of nitrogens with zero attached hydrogens (tertiary/aromatic N) is 1. The van der Waals surface area contributed by atoms with Crippen molar-refractivity contribution >= 4 is 32.9 Å². The van der Waals surface area contributed by atoms with Crippen molar-refractivity contribution in [3.05, 3.63) is 59.2 Å². The molecule has 4 rings (SSSR count). The number of morpholine rings is 1. The number of anilines is 2. The highest BCUT2D eigenvalue weighted by molar-refractivity contribution is 7.92. The number of carbonyl (C=O) groups is 1. The molecule has 2 aliphatic rings. The van der Waals surface area contributed by atoms with Gasteiger partial charge in [0.05, 0.1) is 30.2 Å². The van der Waals surface area contributed by atoms with E-state index in [-0.39, 0.29) is 16.1 Å². The number of benzene rings is 2. The van der Waals surface area contributed by atoms with Gasteiger partial charge in [-0.3, -0.25) is 9.62 Å². The summed E-state index contributed by atoms with van der Waals surface area (Å²) in [7, 11) is -4.03. The lowest BCUT2D eigenvalue weighted by Crippen LogP contribution is -2.39. The second-order valence-corrected chi connectivity index (χ2v) is 9.89. The molecule has 1 aliphatic heterocycles. The van der Waals surface area contributed by atoms with Crippen LogP contribution >= 0.6 is 0 Å². The third-order valence-corrected chi connectivity index (χ3v) is 7.46. The van der Waals surface area contributed by atoms with Crippen LogP contribution in [0.4, 0.5) is 11.4 Å². The Labute approximate surface area is 194 Å². The number of ether oxygens (including phenoxy) is 1. The first-order valence-electron chi connectivity index (χ1n) is 11.1. The molecule has 176 valence electrons. The Hall–Kier alpha value is -2.88. The number of rotatable bonds is 8. The zero-order valence-electron chi connectivity index (χ0n) is 18.6. The van der Waals surface area contributed by atoms with E-state index in [9.17, 15) is 18.3 Å². The molecule has 0 aromatic heterocycles. The molecule has 1 fully saturated rings. The number of fused-ring (bicyclic) bond motifs is 1. The zero-order chi connectivity index (χ0) is 23.4. The number of carboxylic acid groups (broad SMARTS) is 1. The van der Waals surface area contributed by atoms with Crippen molar-refractivity contribution < 1.29 is 23.1 Å². The zero-order valence-corrected chi connectivity index (χ0v) is 19.5. The summed E-state index contributed by atoms with van der Waals surface area (Å²) >= 11 is 0. The number of aromatic carboxylic acids is 1. The Bertz CT molecular complexity index is 1170. The van der Waals surface area contributed by atoms with Crippen LogP contribution in [0, 0.1) is 0 Å². The van der Waals surface area contributed by atoms with E-state index < -0.39 is 16.0 Å². The fraction of sp³-hybridized carbons (Fsp3) is 0.375. The van der Waals surface area contributed by atoms with Gasteiger partial charge in [0, 0.05) is 26.2 Å². The van der Waals surface area contributed by atoms with Crippen LogP contribution in [0.25, 0.3) is 5.57 Å². The highest BCUT2D eigenvalue weighted by Gasteiger charge is 2.26. The van der Waals surface area contributed by atoms with Crippen molar-refractivity contribution in [3.8, 4) is 0 Å². The minimum Gasteiger partial charge on any atom is -0.478 e. The number of para-hydroxylation sites is 1. The molecule has 0 atom stereocenters. The van der Waals surface area contributed by atoms with Gasteiger partial charge in [0.2, 0.25) is 0 Å². The first-order chi connectivity index (χ1) is 15.9. The maximum absolute atomic E-state index is 13.3. The van der Waals surface area contributed by atoms with Gasteiger partial charge in [0.15, 0.2) is 0 Å². The lowest BCUT2D eigenvalue weighted by molar-refractivity contribution is 0.0398. The Morgan fingerprint density at radius 2 is 1.88 bits per heavy atom. The number of hydrogen-bond donors (Lipinski definition) is 3. The average Bonchev–Trinajstić information content (AvgIpc) is 2.80. The summed E-state index contributed by atoms with van der Waals surface area (Å²) in [4.78, 5) is 14.5. The molecule has 1 saturated heterocycles. The highest BCUT2D eigenvalue weighted by Crippen LogP contribution is 2.35. The Balaban J connectivity index is 1.58. The molecule has 0 amide bonds. The van der Waals surface area contributed by atoms with E-state index in [2.05, 4.69) is 14.9 Å². The summed E-state index contributed by atoms with van der Waals surface area (Å²) in [6.45, 7) is 6.32. The van der Waals surface area contributed by atoms with E-state index in [1.165, 1.54) is 6.07 Å². The normalized spacial score (nSPS) is 16.6. The van der Waals surface area contributed by atoms with Crippen molar-refractivity contribution in [1.29, 1.82) is 0 Å². The summed E-state index contributed by atoms with van der Waals surface area (Å²) in [6.07, 6.45) is 3.56. The molecular weight excluding hydrogens is 442 g/mol. The highest BCUT2D eigenvalue weighted by atomic mass is 32.2. The summed E-state index contributed by atoms with van der Waals surface area (Å²) in [5.74, 6) is -1.16. The van der Waals surface area contributed by atoms with E-state index >= 15 is 0 Å². The Morgan fingerprint density at radius 3 is 2.64 bits per heavy atom. The largest absolute Gasteiger partial charge is 0.478 e. The maximum atomic E-state index is 13.3. The third kappa shape index (κ3) is 5.21. The van der Waals surface area contributed by atoms with Crippen molar-refractivity contribution in [2.75, 3.05) is 49.4 Å². The van der Waals surface area contributed by atoms with Crippen LogP contribution in [0.5, 0.6) is 0 Å². The number of nitrogens with one attached hydrogen (secondary N) is 2. The van der Waals surface area contributed by atoms with Crippen molar-refractivity contribution in [2.45, 2.75) is 24.7 Å². The van der Waals surface area contributed by atoms with Crippen molar-refractivity contribution in [3.63, 3.8) is 0 Å². The third-order valence-electron chi connectivity index (χ3n) is 6.03.